The normalized spacial score (nSPS) is 21.9. The number of hydrogen-bond acceptors (Lipinski definition) is 5. The summed E-state index contributed by atoms with van der Waals surface area (Å²) in [5, 5.41) is 0. The number of amides is 4. The Labute approximate surface area is 187 Å². The number of nitrogens with zero attached hydrogens (tertiary/aromatic N) is 4. The molecule has 8 nitrogen and oxygen atoms in total. The van der Waals surface area contributed by atoms with E-state index in [1.165, 1.54) is 17.2 Å². The van der Waals surface area contributed by atoms with Crippen LogP contribution in [0.25, 0.3) is 0 Å². The molecule has 0 spiro atoms. The molecule has 1 aromatic carbocycles. The molecule has 3 aliphatic rings. The molecule has 1 unspecified atom stereocenters. The number of carbonyl (C=O) groups excluding carboxylic acids is 3. The minimum atomic E-state index is -0.808. The summed E-state index contributed by atoms with van der Waals surface area (Å²) < 4.78 is 6.77. The summed E-state index contributed by atoms with van der Waals surface area (Å²) in [5.74, 6) is -0.173. The monoisotopic (exact) mass is 437 g/mol. The fourth-order valence-electron chi connectivity index (χ4n) is 4.67. The number of aliphatic imine (C=N–C) groups is 1. The first kappa shape index (κ1) is 21.9. The van der Waals surface area contributed by atoms with Crippen LogP contribution >= 0.6 is 0 Å². The quantitative estimate of drug-likeness (QED) is 0.661. The van der Waals surface area contributed by atoms with Gasteiger partial charge in [0.15, 0.2) is 12.5 Å². The van der Waals surface area contributed by atoms with Crippen LogP contribution in [0.4, 0.5) is 4.79 Å². The second kappa shape index (κ2) is 9.06. The molecule has 1 saturated heterocycles. The summed E-state index contributed by atoms with van der Waals surface area (Å²) in [6, 6.07) is 9.83. The lowest BCUT2D eigenvalue weighted by atomic mass is 9.90. The van der Waals surface area contributed by atoms with Gasteiger partial charge in [0.2, 0.25) is 0 Å². The molecule has 3 aliphatic heterocycles. The topological polar surface area (TPSA) is 82.3 Å². The number of carbonyl (C=O) groups is 3. The number of benzene rings is 1. The van der Waals surface area contributed by atoms with Gasteiger partial charge in [-0.3, -0.25) is 9.59 Å². The van der Waals surface area contributed by atoms with E-state index in [9.17, 15) is 14.4 Å². The van der Waals surface area contributed by atoms with E-state index in [1.54, 1.807) is 25.1 Å². The van der Waals surface area contributed by atoms with Crippen LogP contribution in [0.15, 0.2) is 46.7 Å². The Bertz CT molecular complexity index is 1020. The van der Waals surface area contributed by atoms with Crippen molar-refractivity contribution in [2.24, 2.45) is 16.8 Å². The van der Waals surface area contributed by atoms with Gasteiger partial charge in [-0.25, -0.2) is 4.79 Å². The number of amidine groups is 1. The van der Waals surface area contributed by atoms with E-state index in [2.05, 4.69) is 17.1 Å². The van der Waals surface area contributed by atoms with Crippen molar-refractivity contribution in [3.8, 4) is 0 Å². The molecule has 0 aromatic heterocycles. The molecule has 1 atom stereocenters. The highest BCUT2D eigenvalue weighted by Crippen LogP contribution is 2.28. The average Bonchev–Trinajstić information content (AvgIpc) is 2.81. The van der Waals surface area contributed by atoms with E-state index >= 15 is 0 Å². The standard InChI is InChI=1S/C24H29N4O4/c1-16-14-25-22-20(21(16)32-3)23(30)28(24(31)26(22)2)15-19(29)27-11-9-18(10-12-27)13-17-7-5-4-6-8-17/h4-8,14,18,20H,9-13,15H2,1-3H3/q+1. The highest BCUT2D eigenvalue weighted by molar-refractivity contribution is 6.16. The molecule has 32 heavy (non-hydrogen) atoms. The van der Waals surface area contributed by atoms with Crippen molar-refractivity contribution in [1.29, 1.82) is 0 Å². The van der Waals surface area contributed by atoms with Crippen LogP contribution in [0.5, 0.6) is 0 Å². The van der Waals surface area contributed by atoms with E-state index in [1.807, 2.05) is 18.2 Å². The summed E-state index contributed by atoms with van der Waals surface area (Å²) in [7, 11) is 3.06. The predicted octanol–water partition coefficient (Wildman–Crippen LogP) is 2.09. The van der Waals surface area contributed by atoms with Crippen molar-refractivity contribution in [2.75, 3.05) is 33.8 Å². The van der Waals surface area contributed by atoms with Crippen molar-refractivity contribution < 1.29 is 23.7 Å². The lowest BCUT2D eigenvalue weighted by Crippen LogP contribution is -2.57. The molecule has 0 bridgehead atoms. The molecule has 0 saturated carbocycles. The summed E-state index contributed by atoms with van der Waals surface area (Å²) in [4.78, 5) is 46.1. The largest absolute Gasteiger partial charge is 0.499 e. The molecule has 3 heterocycles. The maximum Gasteiger partial charge on any atom is 0.446 e. The first-order chi connectivity index (χ1) is 15.4. The van der Waals surface area contributed by atoms with Gasteiger partial charge in [-0.05, 0) is 37.7 Å². The number of likely N-dealkylation sites (tertiary alicyclic amines) is 1. The Hall–Kier alpha value is -3.29. The molecule has 8 heteroatoms. The molecule has 0 N–H and O–H groups in total. The molecular formula is C24H29N4O4+. The number of ether oxygens (including phenoxy) is 1. The summed E-state index contributed by atoms with van der Waals surface area (Å²) in [5.41, 5.74) is 2.04. The van der Waals surface area contributed by atoms with Crippen LogP contribution in [0.3, 0.4) is 0 Å². The Morgan fingerprint density at radius 2 is 1.88 bits per heavy atom. The average molecular weight is 438 g/mol. The van der Waals surface area contributed by atoms with E-state index in [0.717, 1.165) is 29.7 Å². The third kappa shape index (κ3) is 4.09. The smallest absolute Gasteiger partial charge is 0.446 e. The molecule has 4 rings (SSSR count). The number of fused-ring (bicyclic) bond motifs is 1. The van der Waals surface area contributed by atoms with Gasteiger partial charge in [0.1, 0.15) is 12.0 Å². The molecule has 0 radical (unpaired) electrons. The van der Waals surface area contributed by atoms with E-state index in [4.69, 9.17) is 4.74 Å². The molecular weight excluding hydrogens is 408 g/mol. The number of piperidine rings is 1. The summed E-state index contributed by atoms with van der Waals surface area (Å²) in [6.07, 6.45) is 4.41. The van der Waals surface area contributed by atoms with Gasteiger partial charge in [-0.2, -0.15) is 9.48 Å². The lowest BCUT2D eigenvalue weighted by molar-refractivity contribution is -0.408. The molecule has 1 aromatic rings. The van der Waals surface area contributed by atoms with Crippen molar-refractivity contribution in [3.05, 3.63) is 47.2 Å². The van der Waals surface area contributed by atoms with Crippen LogP contribution in [0.2, 0.25) is 0 Å². The fraction of sp³-hybridized carbons (Fsp3) is 0.458. The highest BCUT2D eigenvalue weighted by atomic mass is 16.5. The van der Waals surface area contributed by atoms with Crippen LogP contribution in [0.1, 0.15) is 25.3 Å². The van der Waals surface area contributed by atoms with Crippen LogP contribution in [-0.2, 0) is 20.7 Å². The zero-order chi connectivity index (χ0) is 22.8. The Kier molecular flexibility index (Phi) is 6.21. The Morgan fingerprint density at radius 3 is 2.53 bits per heavy atom. The Morgan fingerprint density at radius 1 is 1.19 bits per heavy atom. The molecule has 0 aliphatic carbocycles. The van der Waals surface area contributed by atoms with E-state index in [0.29, 0.717) is 30.6 Å². The highest BCUT2D eigenvalue weighted by Gasteiger charge is 2.51. The van der Waals surface area contributed by atoms with Crippen molar-refractivity contribution in [3.63, 3.8) is 0 Å². The van der Waals surface area contributed by atoms with E-state index < -0.39 is 17.9 Å². The SMILES string of the molecule is COC1=C(C)C=NC2=[N+](C)C(=O)N(CC(=O)N3CCC(Cc4ccccc4)CC3)C(=O)C12. The second-order valence-electron chi connectivity index (χ2n) is 8.58. The third-order valence-corrected chi connectivity index (χ3v) is 6.52. The number of urea groups is 1. The molecule has 4 amide bonds. The molecule has 1 fully saturated rings. The maximum atomic E-state index is 13.2. The van der Waals surface area contributed by atoms with Gasteiger partial charge in [-0.15, -0.1) is 4.99 Å². The van der Waals surface area contributed by atoms with E-state index in [-0.39, 0.29) is 12.5 Å². The van der Waals surface area contributed by atoms with Crippen LogP contribution < -0.4 is 0 Å². The summed E-state index contributed by atoms with van der Waals surface area (Å²) >= 11 is 0. The van der Waals surface area contributed by atoms with Gasteiger partial charge in [0.25, 0.3) is 11.7 Å². The number of rotatable bonds is 5. The van der Waals surface area contributed by atoms with Crippen molar-refractivity contribution in [1.82, 2.24) is 9.80 Å². The summed E-state index contributed by atoms with van der Waals surface area (Å²) in [6.45, 7) is 2.80. The number of methoxy groups -OCH3 is 1. The van der Waals surface area contributed by atoms with Gasteiger partial charge >= 0.3 is 11.9 Å². The number of hydrogen-bond donors (Lipinski definition) is 0. The maximum absolute atomic E-state index is 13.2. The van der Waals surface area contributed by atoms with Crippen LogP contribution in [0, 0.1) is 11.8 Å². The number of dihydropyridines is 1. The lowest BCUT2D eigenvalue weighted by Gasteiger charge is -2.33. The van der Waals surface area contributed by atoms with Gasteiger partial charge in [-0.1, -0.05) is 30.3 Å². The van der Waals surface area contributed by atoms with Gasteiger partial charge < -0.3 is 9.64 Å². The minimum Gasteiger partial charge on any atom is -0.499 e. The minimum absolute atomic E-state index is 0.208. The second-order valence-corrected chi connectivity index (χ2v) is 8.58. The Balaban J connectivity index is 1.41. The number of allylic oxidation sites excluding steroid dienone is 1. The molecule has 168 valence electrons. The van der Waals surface area contributed by atoms with Crippen molar-refractivity contribution >= 4 is 29.9 Å². The van der Waals surface area contributed by atoms with Gasteiger partial charge in [0, 0.05) is 18.7 Å². The number of imide groups is 1. The predicted molar refractivity (Wildman–Crippen MR) is 119 cm³/mol. The van der Waals surface area contributed by atoms with Crippen molar-refractivity contribution in [2.45, 2.75) is 26.2 Å². The fourth-order valence-corrected chi connectivity index (χ4v) is 4.67. The zero-order valence-corrected chi connectivity index (χ0v) is 18.8. The zero-order valence-electron chi connectivity index (χ0n) is 18.8. The first-order valence-electron chi connectivity index (χ1n) is 11.0. The van der Waals surface area contributed by atoms with Gasteiger partial charge in [0.05, 0.1) is 14.2 Å². The van der Waals surface area contributed by atoms with Crippen LogP contribution in [-0.4, -0.2) is 78.1 Å². The first-order valence-corrected chi connectivity index (χ1v) is 11.0. The third-order valence-electron chi connectivity index (χ3n) is 6.52.